The van der Waals surface area contributed by atoms with Crippen LogP contribution in [0.1, 0.15) is 37.5 Å². The predicted octanol–water partition coefficient (Wildman–Crippen LogP) is 5.26. The zero-order valence-electron chi connectivity index (χ0n) is 17.9. The molecule has 1 amide bonds. The molecule has 4 aromatic rings. The second-order valence-electron chi connectivity index (χ2n) is 7.75. The molecule has 0 radical (unpaired) electrons. The van der Waals surface area contributed by atoms with Gasteiger partial charge in [-0.25, -0.2) is 0 Å². The van der Waals surface area contributed by atoms with Gasteiger partial charge in [-0.1, -0.05) is 66.2 Å². The van der Waals surface area contributed by atoms with Gasteiger partial charge < -0.3 is 9.30 Å². The van der Waals surface area contributed by atoms with Crippen molar-refractivity contribution in [1.29, 1.82) is 0 Å². The van der Waals surface area contributed by atoms with Crippen molar-refractivity contribution in [2.75, 3.05) is 14.1 Å². The standard InChI is InChI=1S/C27H24N2O2/c1-19-12-14-20(15-13-19)22(18-26(30)21-9-5-4-6-10-21)25-17-23(27(31)28(2)3)24-11-7-8-16-29(24)25/h4-18H,1-3H3/b22-18+. The molecule has 0 aliphatic carbocycles. The summed E-state index contributed by atoms with van der Waals surface area (Å²) < 4.78 is 1.97. The first kappa shape index (κ1) is 20.4. The second kappa shape index (κ2) is 8.44. The van der Waals surface area contributed by atoms with Crippen molar-refractivity contribution in [2.45, 2.75) is 6.92 Å². The van der Waals surface area contributed by atoms with Crippen LogP contribution in [0.25, 0.3) is 11.1 Å². The van der Waals surface area contributed by atoms with E-state index in [4.69, 9.17) is 0 Å². The first-order valence-corrected chi connectivity index (χ1v) is 10.2. The highest BCUT2D eigenvalue weighted by molar-refractivity contribution is 6.11. The maximum Gasteiger partial charge on any atom is 0.255 e. The second-order valence-corrected chi connectivity index (χ2v) is 7.75. The molecule has 31 heavy (non-hydrogen) atoms. The molecule has 4 nitrogen and oxygen atoms in total. The molecular weight excluding hydrogens is 384 g/mol. The zero-order valence-corrected chi connectivity index (χ0v) is 17.9. The molecule has 4 rings (SSSR count). The molecule has 0 spiro atoms. The molecule has 154 valence electrons. The Balaban J connectivity index is 1.95. The third-order valence-electron chi connectivity index (χ3n) is 5.29. The van der Waals surface area contributed by atoms with Crippen LogP contribution in [0.4, 0.5) is 0 Å². The number of hydrogen-bond donors (Lipinski definition) is 0. The number of ketones is 1. The topological polar surface area (TPSA) is 41.8 Å². The number of hydrogen-bond acceptors (Lipinski definition) is 2. The summed E-state index contributed by atoms with van der Waals surface area (Å²) in [6, 6.07) is 24.9. The Morgan fingerprint density at radius 1 is 0.839 bits per heavy atom. The van der Waals surface area contributed by atoms with Gasteiger partial charge in [0.1, 0.15) is 0 Å². The molecule has 0 atom stereocenters. The molecular formula is C27H24N2O2. The lowest BCUT2D eigenvalue weighted by molar-refractivity contribution is 0.0829. The molecule has 0 bridgehead atoms. The van der Waals surface area contributed by atoms with E-state index in [9.17, 15) is 9.59 Å². The number of benzene rings is 2. The molecule has 2 aromatic carbocycles. The number of aromatic nitrogens is 1. The van der Waals surface area contributed by atoms with E-state index in [1.165, 1.54) is 0 Å². The minimum atomic E-state index is -0.0810. The highest BCUT2D eigenvalue weighted by atomic mass is 16.2. The molecule has 2 aromatic heterocycles. The summed E-state index contributed by atoms with van der Waals surface area (Å²) in [6.07, 6.45) is 3.59. The van der Waals surface area contributed by atoms with Gasteiger partial charge in [-0.3, -0.25) is 9.59 Å². The maximum absolute atomic E-state index is 13.1. The zero-order chi connectivity index (χ0) is 22.0. The molecule has 4 heteroatoms. The summed E-state index contributed by atoms with van der Waals surface area (Å²) in [6.45, 7) is 2.03. The van der Waals surface area contributed by atoms with Gasteiger partial charge >= 0.3 is 0 Å². The number of carbonyl (C=O) groups is 2. The van der Waals surface area contributed by atoms with Crippen LogP contribution in [0.2, 0.25) is 0 Å². The Morgan fingerprint density at radius 2 is 1.52 bits per heavy atom. The Labute approximate surface area is 182 Å². The van der Waals surface area contributed by atoms with Gasteiger partial charge in [0.2, 0.25) is 0 Å². The molecule has 0 saturated carbocycles. The van der Waals surface area contributed by atoms with E-state index in [2.05, 4.69) is 0 Å². The quantitative estimate of drug-likeness (QED) is 0.334. The largest absolute Gasteiger partial charge is 0.345 e. The number of aryl methyl sites for hydroxylation is 1. The van der Waals surface area contributed by atoms with Crippen molar-refractivity contribution < 1.29 is 9.59 Å². The number of allylic oxidation sites excluding steroid dienone is 1. The predicted molar refractivity (Wildman–Crippen MR) is 124 cm³/mol. The fraction of sp³-hybridized carbons (Fsp3) is 0.111. The first-order chi connectivity index (χ1) is 15.0. The Hall–Kier alpha value is -3.92. The molecule has 0 aliphatic heterocycles. The van der Waals surface area contributed by atoms with Gasteiger partial charge in [-0.05, 0) is 36.8 Å². The van der Waals surface area contributed by atoms with Crippen LogP contribution in [0.3, 0.4) is 0 Å². The van der Waals surface area contributed by atoms with Crippen LogP contribution in [0, 0.1) is 6.92 Å². The lowest BCUT2D eigenvalue weighted by atomic mass is 9.98. The fourth-order valence-electron chi connectivity index (χ4n) is 3.63. The molecule has 2 heterocycles. The van der Waals surface area contributed by atoms with E-state index in [1.807, 2.05) is 96.4 Å². The summed E-state index contributed by atoms with van der Waals surface area (Å²) >= 11 is 0. The monoisotopic (exact) mass is 408 g/mol. The summed E-state index contributed by atoms with van der Waals surface area (Å²) in [5, 5.41) is 0. The van der Waals surface area contributed by atoms with E-state index < -0.39 is 0 Å². The van der Waals surface area contributed by atoms with Crippen LogP contribution in [-0.4, -0.2) is 35.1 Å². The first-order valence-electron chi connectivity index (χ1n) is 10.2. The van der Waals surface area contributed by atoms with E-state index >= 15 is 0 Å². The summed E-state index contributed by atoms with van der Waals surface area (Å²) in [7, 11) is 3.48. The Kier molecular flexibility index (Phi) is 5.54. The van der Waals surface area contributed by atoms with Crippen molar-refractivity contribution in [1.82, 2.24) is 9.30 Å². The van der Waals surface area contributed by atoms with Gasteiger partial charge in [0, 0.05) is 31.4 Å². The number of nitrogens with zero attached hydrogens (tertiary/aromatic N) is 2. The van der Waals surface area contributed by atoms with Crippen molar-refractivity contribution in [3.8, 4) is 0 Å². The highest BCUT2D eigenvalue weighted by Gasteiger charge is 2.20. The van der Waals surface area contributed by atoms with E-state index in [0.717, 1.165) is 27.9 Å². The highest BCUT2D eigenvalue weighted by Crippen LogP contribution is 2.29. The number of fused-ring (bicyclic) bond motifs is 1. The van der Waals surface area contributed by atoms with Crippen LogP contribution in [0.5, 0.6) is 0 Å². The lowest BCUT2D eigenvalue weighted by Crippen LogP contribution is -2.21. The van der Waals surface area contributed by atoms with Gasteiger partial charge in [-0.15, -0.1) is 0 Å². The van der Waals surface area contributed by atoms with E-state index in [-0.39, 0.29) is 11.7 Å². The maximum atomic E-state index is 13.1. The Morgan fingerprint density at radius 3 is 2.19 bits per heavy atom. The minimum absolute atomic E-state index is 0.0763. The van der Waals surface area contributed by atoms with Gasteiger partial charge in [0.05, 0.1) is 16.8 Å². The molecule has 0 unspecified atom stereocenters. The summed E-state index contributed by atoms with van der Waals surface area (Å²) in [5.74, 6) is -0.157. The minimum Gasteiger partial charge on any atom is -0.345 e. The summed E-state index contributed by atoms with van der Waals surface area (Å²) in [5.41, 5.74) is 5.66. The smallest absolute Gasteiger partial charge is 0.255 e. The SMILES string of the molecule is Cc1ccc(/C(=C\C(=O)c2ccccc2)c2cc(C(=O)N(C)C)c3ccccn23)cc1. The van der Waals surface area contributed by atoms with Gasteiger partial charge in [0.15, 0.2) is 5.78 Å². The lowest BCUT2D eigenvalue weighted by Gasteiger charge is -2.10. The number of rotatable bonds is 5. The molecule has 0 N–H and O–H groups in total. The van der Waals surface area contributed by atoms with E-state index in [0.29, 0.717) is 11.1 Å². The van der Waals surface area contributed by atoms with Crippen molar-refractivity contribution >= 4 is 22.8 Å². The third-order valence-corrected chi connectivity index (χ3v) is 5.29. The van der Waals surface area contributed by atoms with Gasteiger partial charge in [0.25, 0.3) is 5.91 Å². The Bertz CT molecular complexity index is 1280. The average Bonchev–Trinajstić information content (AvgIpc) is 3.17. The van der Waals surface area contributed by atoms with E-state index in [1.54, 1.807) is 25.1 Å². The number of carbonyl (C=O) groups excluding carboxylic acids is 2. The van der Waals surface area contributed by atoms with Crippen molar-refractivity contribution in [3.63, 3.8) is 0 Å². The third kappa shape index (κ3) is 4.05. The normalized spacial score (nSPS) is 11.5. The van der Waals surface area contributed by atoms with Crippen molar-refractivity contribution in [2.24, 2.45) is 0 Å². The average molecular weight is 409 g/mol. The van der Waals surface area contributed by atoms with Crippen molar-refractivity contribution in [3.05, 3.63) is 119 Å². The molecule has 0 fully saturated rings. The van der Waals surface area contributed by atoms with Gasteiger partial charge in [-0.2, -0.15) is 0 Å². The van der Waals surface area contributed by atoms with Crippen LogP contribution < -0.4 is 0 Å². The van der Waals surface area contributed by atoms with Crippen LogP contribution in [-0.2, 0) is 0 Å². The van der Waals surface area contributed by atoms with Crippen LogP contribution in [0.15, 0.2) is 91.1 Å². The number of amides is 1. The summed E-state index contributed by atoms with van der Waals surface area (Å²) in [4.78, 5) is 27.5. The van der Waals surface area contributed by atoms with Crippen LogP contribution >= 0.6 is 0 Å². The fourth-order valence-corrected chi connectivity index (χ4v) is 3.63. The molecule has 0 aliphatic rings. The number of pyridine rings is 1. The molecule has 0 saturated heterocycles.